The zero-order valence-electron chi connectivity index (χ0n) is 9.22. The van der Waals surface area contributed by atoms with E-state index < -0.39 is 0 Å². The van der Waals surface area contributed by atoms with Gasteiger partial charge >= 0.3 is 0 Å². The Morgan fingerprint density at radius 3 is 2.94 bits per heavy atom. The highest BCUT2D eigenvalue weighted by Gasteiger charge is 2.02. The number of aryl methyl sites for hydroxylation is 1. The van der Waals surface area contributed by atoms with E-state index >= 15 is 0 Å². The predicted octanol–water partition coefficient (Wildman–Crippen LogP) is 2.36. The van der Waals surface area contributed by atoms with E-state index in [0.717, 1.165) is 11.3 Å². The maximum Gasteiger partial charge on any atom is 0.239 e. The van der Waals surface area contributed by atoms with Crippen molar-refractivity contribution in [1.29, 1.82) is 0 Å². The Labute approximate surface area is 100 Å². The van der Waals surface area contributed by atoms with Crippen LogP contribution in [0.2, 0.25) is 5.02 Å². The number of rotatable bonds is 5. The summed E-state index contributed by atoms with van der Waals surface area (Å²) in [4.78, 5) is 11.3. The van der Waals surface area contributed by atoms with Gasteiger partial charge in [0, 0.05) is 17.3 Å². The molecule has 0 bridgehead atoms. The molecular weight excluding hydrogens is 224 g/mol. The molecule has 1 rings (SSSR count). The van der Waals surface area contributed by atoms with Crippen molar-refractivity contribution in [2.75, 3.05) is 18.4 Å². The van der Waals surface area contributed by atoms with Crippen LogP contribution in [0.25, 0.3) is 0 Å². The normalized spacial score (nSPS) is 9.62. The fraction of sp³-hybridized carbons (Fsp3) is 0.250. The van der Waals surface area contributed by atoms with Crippen molar-refractivity contribution in [3.63, 3.8) is 0 Å². The van der Waals surface area contributed by atoms with Gasteiger partial charge in [-0.1, -0.05) is 17.7 Å². The van der Waals surface area contributed by atoms with Gasteiger partial charge in [-0.25, -0.2) is 0 Å². The van der Waals surface area contributed by atoms with Gasteiger partial charge in [0.05, 0.1) is 6.54 Å². The molecule has 0 heterocycles. The van der Waals surface area contributed by atoms with Gasteiger partial charge in [-0.3, -0.25) is 4.79 Å². The van der Waals surface area contributed by atoms with Crippen LogP contribution in [0.3, 0.4) is 0 Å². The Kier molecular flexibility index (Phi) is 4.86. The molecule has 0 saturated heterocycles. The first-order chi connectivity index (χ1) is 7.63. The number of benzene rings is 1. The molecular formula is C12H15ClN2O. The largest absolute Gasteiger partial charge is 0.376 e. The topological polar surface area (TPSA) is 41.1 Å². The van der Waals surface area contributed by atoms with Crippen LogP contribution in [0.5, 0.6) is 0 Å². The Balaban J connectivity index is 2.48. The molecule has 3 nitrogen and oxygen atoms in total. The lowest BCUT2D eigenvalue weighted by atomic mass is 10.2. The van der Waals surface area contributed by atoms with Crippen LogP contribution < -0.4 is 10.6 Å². The van der Waals surface area contributed by atoms with Gasteiger partial charge in [0.1, 0.15) is 0 Å². The average Bonchev–Trinajstić information content (AvgIpc) is 2.25. The molecule has 0 aliphatic carbocycles. The molecule has 2 N–H and O–H groups in total. The third-order valence-electron chi connectivity index (χ3n) is 2.07. The number of hydrogen-bond donors (Lipinski definition) is 2. The molecule has 1 aromatic rings. The summed E-state index contributed by atoms with van der Waals surface area (Å²) in [6.45, 7) is 6.20. The third kappa shape index (κ3) is 3.95. The van der Waals surface area contributed by atoms with Crippen LogP contribution >= 0.6 is 11.6 Å². The van der Waals surface area contributed by atoms with Crippen molar-refractivity contribution in [3.05, 3.63) is 41.4 Å². The van der Waals surface area contributed by atoms with Gasteiger partial charge in [-0.05, 0) is 30.7 Å². The first kappa shape index (κ1) is 12.6. The van der Waals surface area contributed by atoms with Crippen molar-refractivity contribution < 1.29 is 4.79 Å². The van der Waals surface area contributed by atoms with Crippen LogP contribution in [-0.4, -0.2) is 19.0 Å². The number of carbonyl (C=O) groups excluding carboxylic acids is 1. The van der Waals surface area contributed by atoms with E-state index in [1.807, 2.05) is 19.1 Å². The Morgan fingerprint density at radius 2 is 2.31 bits per heavy atom. The summed E-state index contributed by atoms with van der Waals surface area (Å²) < 4.78 is 0. The lowest BCUT2D eigenvalue weighted by Crippen LogP contribution is -2.29. The Bertz CT molecular complexity index is 391. The summed E-state index contributed by atoms with van der Waals surface area (Å²) in [5.74, 6) is -0.0609. The number of hydrogen-bond acceptors (Lipinski definition) is 2. The lowest BCUT2D eigenvalue weighted by molar-refractivity contribution is -0.119. The van der Waals surface area contributed by atoms with Gasteiger partial charge in [-0.2, -0.15) is 0 Å². The van der Waals surface area contributed by atoms with Crippen LogP contribution in [0.1, 0.15) is 5.56 Å². The SMILES string of the molecule is C=CCNC(=O)CNc1ccc(Cl)cc1C. The monoisotopic (exact) mass is 238 g/mol. The fourth-order valence-electron chi connectivity index (χ4n) is 1.25. The molecule has 0 aliphatic rings. The fourth-order valence-corrected chi connectivity index (χ4v) is 1.48. The van der Waals surface area contributed by atoms with Gasteiger partial charge in [-0.15, -0.1) is 6.58 Å². The van der Waals surface area contributed by atoms with Crippen LogP contribution in [0.4, 0.5) is 5.69 Å². The molecule has 0 radical (unpaired) electrons. The summed E-state index contributed by atoms with van der Waals surface area (Å²) in [6, 6.07) is 5.50. The molecule has 1 aromatic carbocycles. The summed E-state index contributed by atoms with van der Waals surface area (Å²) >= 11 is 5.83. The van der Waals surface area contributed by atoms with Crippen molar-refractivity contribution in [2.45, 2.75) is 6.92 Å². The molecule has 0 aromatic heterocycles. The molecule has 16 heavy (non-hydrogen) atoms. The van der Waals surface area contributed by atoms with Crippen molar-refractivity contribution >= 4 is 23.2 Å². The molecule has 4 heteroatoms. The minimum atomic E-state index is -0.0609. The average molecular weight is 239 g/mol. The smallest absolute Gasteiger partial charge is 0.239 e. The van der Waals surface area contributed by atoms with E-state index in [2.05, 4.69) is 17.2 Å². The maximum absolute atomic E-state index is 11.3. The van der Waals surface area contributed by atoms with E-state index in [1.165, 1.54) is 0 Å². The quantitative estimate of drug-likeness (QED) is 0.774. The number of amides is 1. The lowest BCUT2D eigenvalue weighted by Gasteiger charge is -2.09. The number of carbonyl (C=O) groups is 1. The second-order valence-electron chi connectivity index (χ2n) is 3.41. The van der Waals surface area contributed by atoms with Gasteiger partial charge < -0.3 is 10.6 Å². The van der Waals surface area contributed by atoms with Crippen molar-refractivity contribution in [1.82, 2.24) is 5.32 Å². The van der Waals surface area contributed by atoms with Crippen LogP contribution in [-0.2, 0) is 4.79 Å². The molecule has 86 valence electrons. The van der Waals surface area contributed by atoms with E-state index in [9.17, 15) is 4.79 Å². The van der Waals surface area contributed by atoms with Gasteiger partial charge in [0.25, 0.3) is 0 Å². The zero-order valence-corrected chi connectivity index (χ0v) is 9.97. The highest BCUT2D eigenvalue weighted by atomic mass is 35.5. The van der Waals surface area contributed by atoms with Crippen molar-refractivity contribution in [2.24, 2.45) is 0 Å². The Hall–Kier alpha value is -1.48. The predicted molar refractivity (Wildman–Crippen MR) is 67.9 cm³/mol. The van der Waals surface area contributed by atoms with E-state index in [-0.39, 0.29) is 12.5 Å². The Morgan fingerprint density at radius 1 is 1.56 bits per heavy atom. The van der Waals surface area contributed by atoms with Gasteiger partial charge in [0.2, 0.25) is 5.91 Å². The highest BCUT2D eigenvalue weighted by Crippen LogP contribution is 2.19. The minimum Gasteiger partial charge on any atom is -0.376 e. The summed E-state index contributed by atoms with van der Waals surface area (Å²) in [5, 5.41) is 6.43. The van der Waals surface area contributed by atoms with Crippen LogP contribution in [0, 0.1) is 6.92 Å². The maximum atomic E-state index is 11.3. The second-order valence-corrected chi connectivity index (χ2v) is 3.84. The first-order valence-corrected chi connectivity index (χ1v) is 5.39. The summed E-state index contributed by atoms with van der Waals surface area (Å²) in [5.41, 5.74) is 1.93. The van der Waals surface area contributed by atoms with E-state index in [0.29, 0.717) is 11.6 Å². The highest BCUT2D eigenvalue weighted by molar-refractivity contribution is 6.30. The summed E-state index contributed by atoms with van der Waals surface area (Å²) in [7, 11) is 0. The number of nitrogens with one attached hydrogen (secondary N) is 2. The zero-order chi connectivity index (χ0) is 12.0. The van der Waals surface area contributed by atoms with Crippen LogP contribution in [0.15, 0.2) is 30.9 Å². The van der Waals surface area contributed by atoms with E-state index in [1.54, 1.807) is 12.1 Å². The van der Waals surface area contributed by atoms with E-state index in [4.69, 9.17) is 11.6 Å². The second kappa shape index (κ2) is 6.18. The molecule has 0 aliphatic heterocycles. The number of anilines is 1. The minimum absolute atomic E-state index is 0.0609. The first-order valence-electron chi connectivity index (χ1n) is 5.01. The van der Waals surface area contributed by atoms with Crippen molar-refractivity contribution in [3.8, 4) is 0 Å². The van der Waals surface area contributed by atoms with Gasteiger partial charge in [0.15, 0.2) is 0 Å². The third-order valence-corrected chi connectivity index (χ3v) is 2.31. The molecule has 0 atom stereocenters. The summed E-state index contributed by atoms with van der Waals surface area (Å²) in [6.07, 6.45) is 1.64. The molecule has 0 unspecified atom stereocenters. The molecule has 0 spiro atoms. The standard InChI is InChI=1S/C12H15ClN2O/c1-3-6-14-12(16)8-15-11-5-4-10(13)7-9(11)2/h3-5,7,15H,1,6,8H2,2H3,(H,14,16). The molecule has 0 saturated carbocycles. The number of halogens is 1. The molecule has 0 fully saturated rings. The molecule has 1 amide bonds.